The van der Waals surface area contributed by atoms with Crippen molar-refractivity contribution in [1.82, 2.24) is 0 Å². The second-order valence-corrected chi connectivity index (χ2v) is 3.45. The normalized spacial score (nSPS) is 15.8. The monoisotopic (exact) mass is 223 g/mol. The zero-order valence-electron chi connectivity index (χ0n) is 8.70. The van der Waals surface area contributed by atoms with Gasteiger partial charge in [-0.15, -0.1) is 0 Å². The van der Waals surface area contributed by atoms with Crippen molar-refractivity contribution < 1.29 is 18.7 Å². The maximum Gasteiger partial charge on any atom is 0.294 e. The van der Waals surface area contributed by atoms with Crippen LogP contribution in [0.25, 0.3) is 0 Å². The van der Waals surface area contributed by atoms with Crippen LogP contribution in [0.5, 0.6) is 5.75 Å². The summed E-state index contributed by atoms with van der Waals surface area (Å²) in [6.45, 7) is 0.340. The minimum Gasteiger partial charge on any atom is -0.494 e. The number of carbonyl (C=O) groups is 2. The number of hydrogen-bond donors (Lipinski definition) is 0. The Hall–Kier alpha value is -1.91. The largest absolute Gasteiger partial charge is 0.494 e. The summed E-state index contributed by atoms with van der Waals surface area (Å²) in [5, 5.41) is 0. The lowest BCUT2D eigenvalue weighted by Gasteiger charge is -2.15. The molecule has 0 unspecified atom stereocenters. The molecular formula is C11H10FNO3. The van der Waals surface area contributed by atoms with Crippen LogP contribution in [-0.4, -0.2) is 25.3 Å². The van der Waals surface area contributed by atoms with E-state index in [1.807, 2.05) is 0 Å². The number of methoxy groups -OCH3 is 1. The van der Waals surface area contributed by atoms with Gasteiger partial charge in [-0.05, 0) is 12.1 Å². The average molecular weight is 223 g/mol. The molecule has 1 aromatic rings. The summed E-state index contributed by atoms with van der Waals surface area (Å²) in [6, 6.07) is 4.07. The predicted octanol–water partition coefficient (Wildman–Crippen LogP) is 1.14. The molecule has 1 aromatic carbocycles. The van der Waals surface area contributed by atoms with Gasteiger partial charge in [0.2, 0.25) is 5.78 Å². The van der Waals surface area contributed by atoms with Gasteiger partial charge in [-0.3, -0.25) is 9.59 Å². The molecule has 16 heavy (non-hydrogen) atoms. The van der Waals surface area contributed by atoms with Gasteiger partial charge in [0.25, 0.3) is 5.91 Å². The fourth-order valence-electron chi connectivity index (χ4n) is 1.64. The molecule has 2 rings (SSSR count). The standard InChI is InChI=1S/C11H10FNO3/c1-16-10-6-7(2-3-8(10)12)13-5-4-9(14)11(13)15/h2-3,6H,4-5H2,1H3. The van der Waals surface area contributed by atoms with Gasteiger partial charge in [-0.1, -0.05) is 0 Å². The van der Waals surface area contributed by atoms with E-state index in [2.05, 4.69) is 0 Å². The van der Waals surface area contributed by atoms with Crippen molar-refractivity contribution in [3.05, 3.63) is 24.0 Å². The molecule has 0 spiro atoms. The van der Waals surface area contributed by atoms with Gasteiger partial charge in [0.1, 0.15) is 0 Å². The number of carbonyl (C=O) groups excluding carboxylic acids is 2. The van der Waals surface area contributed by atoms with E-state index in [4.69, 9.17) is 4.74 Å². The van der Waals surface area contributed by atoms with Crippen LogP contribution < -0.4 is 9.64 Å². The van der Waals surface area contributed by atoms with Crippen LogP contribution in [0.1, 0.15) is 6.42 Å². The van der Waals surface area contributed by atoms with Crippen molar-refractivity contribution >= 4 is 17.4 Å². The first-order valence-electron chi connectivity index (χ1n) is 4.81. The number of ketones is 1. The lowest BCUT2D eigenvalue weighted by Crippen LogP contribution is -2.26. The molecule has 1 saturated heterocycles. The van der Waals surface area contributed by atoms with Crippen LogP contribution >= 0.6 is 0 Å². The Morgan fingerprint density at radius 1 is 1.38 bits per heavy atom. The number of nitrogens with zero attached hydrogens (tertiary/aromatic N) is 1. The van der Waals surface area contributed by atoms with Gasteiger partial charge in [-0.25, -0.2) is 4.39 Å². The number of hydrogen-bond acceptors (Lipinski definition) is 3. The van der Waals surface area contributed by atoms with Crippen LogP contribution in [0.15, 0.2) is 18.2 Å². The molecule has 0 bridgehead atoms. The van der Waals surface area contributed by atoms with E-state index in [9.17, 15) is 14.0 Å². The number of halogens is 1. The van der Waals surface area contributed by atoms with E-state index >= 15 is 0 Å². The average Bonchev–Trinajstić information content (AvgIpc) is 2.61. The molecule has 1 amide bonds. The molecule has 1 heterocycles. The molecule has 4 nitrogen and oxygen atoms in total. The zero-order chi connectivity index (χ0) is 11.7. The van der Waals surface area contributed by atoms with E-state index < -0.39 is 17.5 Å². The van der Waals surface area contributed by atoms with E-state index in [0.29, 0.717) is 12.2 Å². The molecule has 0 N–H and O–H groups in total. The number of benzene rings is 1. The fraction of sp³-hybridized carbons (Fsp3) is 0.273. The van der Waals surface area contributed by atoms with Gasteiger partial charge in [0, 0.05) is 24.7 Å². The zero-order valence-corrected chi connectivity index (χ0v) is 8.70. The highest BCUT2D eigenvalue weighted by Gasteiger charge is 2.30. The molecular weight excluding hydrogens is 213 g/mol. The number of ether oxygens (including phenoxy) is 1. The lowest BCUT2D eigenvalue weighted by atomic mass is 10.2. The summed E-state index contributed by atoms with van der Waals surface area (Å²) < 4.78 is 17.9. The third-order valence-corrected chi connectivity index (χ3v) is 2.49. The Balaban J connectivity index is 2.34. The summed E-state index contributed by atoms with van der Waals surface area (Å²) in [4.78, 5) is 23.8. The SMILES string of the molecule is COc1cc(N2CCC(=O)C2=O)ccc1F. The van der Waals surface area contributed by atoms with Crippen molar-refractivity contribution in [3.63, 3.8) is 0 Å². The Morgan fingerprint density at radius 2 is 2.12 bits per heavy atom. The molecule has 0 atom stereocenters. The summed E-state index contributed by atoms with van der Waals surface area (Å²) in [7, 11) is 1.35. The second kappa shape index (κ2) is 3.92. The Kier molecular flexibility index (Phi) is 2.60. The van der Waals surface area contributed by atoms with Crippen molar-refractivity contribution in [2.45, 2.75) is 6.42 Å². The molecule has 0 aliphatic carbocycles. The first-order valence-corrected chi connectivity index (χ1v) is 4.81. The molecule has 0 radical (unpaired) electrons. The Bertz CT molecular complexity index is 459. The van der Waals surface area contributed by atoms with E-state index in [1.165, 1.54) is 30.2 Å². The summed E-state index contributed by atoms with van der Waals surface area (Å²) >= 11 is 0. The summed E-state index contributed by atoms with van der Waals surface area (Å²) in [5.74, 6) is -1.40. The molecule has 5 heteroatoms. The molecule has 1 aliphatic rings. The topological polar surface area (TPSA) is 46.6 Å². The van der Waals surface area contributed by atoms with Gasteiger partial charge in [-0.2, -0.15) is 0 Å². The highest BCUT2D eigenvalue weighted by Crippen LogP contribution is 2.26. The third kappa shape index (κ3) is 1.64. The number of amides is 1. The smallest absolute Gasteiger partial charge is 0.294 e. The van der Waals surface area contributed by atoms with Gasteiger partial charge >= 0.3 is 0 Å². The molecule has 1 fully saturated rings. The summed E-state index contributed by atoms with van der Waals surface area (Å²) in [5.41, 5.74) is 0.481. The number of anilines is 1. The second-order valence-electron chi connectivity index (χ2n) is 3.45. The fourth-order valence-corrected chi connectivity index (χ4v) is 1.64. The minimum atomic E-state index is -0.548. The first kappa shape index (κ1) is 10.6. The third-order valence-electron chi connectivity index (χ3n) is 2.49. The maximum absolute atomic E-state index is 13.1. The van der Waals surface area contributed by atoms with Crippen LogP contribution in [0, 0.1) is 5.82 Å². The van der Waals surface area contributed by atoms with Crippen LogP contribution in [0.2, 0.25) is 0 Å². The van der Waals surface area contributed by atoms with Crippen LogP contribution in [-0.2, 0) is 9.59 Å². The minimum absolute atomic E-state index is 0.0599. The molecule has 0 aromatic heterocycles. The quantitative estimate of drug-likeness (QED) is 0.706. The van der Waals surface area contributed by atoms with Crippen LogP contribution in [0.4, 0.5) is 10.1 Å². The van der Waals surface area contributed by atoms with Crippen molar-refractivity contribution in [2.24, 2.45) is 0 Å². The van der Waals surface area contributed by atoms with Crippen LogP contribution in [0.3, 0.4) is 0 Å². The predicted molar refractivity (Wildman–Crippen MR) is 54.9 cm³/mol. The van der Waals surface area contributed by atoms with Crippen molar-refractivity contribution in [1.29, 1.82) is 0 Å². The molecule has 1 aliphatic heterocycles. The van der Waals surface area contributed by atoms with Crippen molar-refractivity contribution in [2.75, 3.05) is 18.6 Å². The van der Waals surface area contributed by atoms with Gasteiger partial charge < -0.3 is 9.64 Å². The van der Waals surface area contributed by atoms with Crippen molar-refractivity contribution in [3.8, 4) is 5.75 Å². The first-order chi connectivity index (χ1) is 7.63. The van der Waals surface area contributed by atoms with Gasteiger partial charge in [0.15, 0.2) is 11.6 Å². The van der Waals surface area contributed by atoms with E-state index in [0.717, 1.165) is 0 Å². The van der Waals surface area contributed by atoms with E-state index in [-0.39, 0.29) is 12.2 Å². The molecule has 0 saturated carbocycles. The van der Waals surface area contributed by atoms with E-state index in [1.54, 1.807) is 0 Å². The maximum atomic E-state index is 13.1. The Labute approximate surface area is 91.6 Å². The number of rotatable bonds is 2. The highest BCUT2D eigenvalue weighted by atomic mass is 19.1. The lowest BCUT2D eigenvalue weighted by molar-refractivity contribution is -0.133. The highest BCUT2D eigenvalue weighted by molar-refractivity contribution is 6.43. The number of Topliss-reactive ketones (excluding diaryl/α,β-unsaturated/α-hetero) is 1. The Morgan fingerprint density at radius 3 is 2.69 bits per heavy atom. The summed E-state index contributed by atoms with van der Waals surface area (Å²) in [6.07, 6.45) is 0.207. The van der Waals surface area contributed by atoms with Gasteiger partial charge in [0.05, 0.1) is 7.11 Å². The molecule has 84 valence electrons.